The molecular formula is C16H23NO. The number of hydrogen-bond donors (Lipinski definition) is 1. The minimum Gasteiger partial charge on any atom is -0.490 e. The van der Waals surface area contributed by atoms with Crippen LogP contribution in [-0.2, 0) is 0 Å². The first-order valence-electron chi connectivity index (χ1n) is 7.26. The van der Waals surface area contributed by atoms with Gasteiger partial charge in [0.2, 0.25) is 0 Å². The second-order valence-electron chi connectivity index (χ2n) is 5.99. The van der Waals surface area contributed by atoms with Crippen molar-refractivity contribution in [1.82, 2.24) is 0 Å². The number of rotatable bonds is 4. The summed E-state index contributed by atoms with van der Waals surface area (Å²) in [7, 11) is 0. The summed E-state index contributed by atoms with van der Waals surface area (Å²) in [5, 5.41) is 0. The molecule has 0 bridgehead atoms. The Morgan fingerprint density at radius 2 is 2.06 bits per heavy atom. The Labute approximate surface area is 110 Å². The topological polar surface area (TPSA) is 35.2 Å². The van der Waals surface area contributed by atoms with E-state index in [0.29, 0.717) is 12.0 Å². The highest BCUT2D eigenvalue weighted by Crippen LogP contribution is 2.39. The maximum atomic E-state index is 6.45. The van der Waals surface area contributed by atoms with Crippen molar-refractivity contribution in [3.63, 3.8) is 0 Å². The Balaban J connectivity index is 1.73. The number of nitrogens with two attached hydrogens (primary N) is 1. The molecule has 2 heteroatoms. The van der Waals surface area contributed by atoms with E-state index in [1.165, 1.54) is 37.7 Å². The molecule has 2 saturated carbocycles. The van der Waals surface area contributed by atoms with E-state index in [2.05, 4.69) is 25.1 Å². The van der Waals surface area contributed by atoms with Gasteiger partial charge in [0, 0.05) is 6.04 Å². The van der Waals surface area contributed by atoms with Gasteiger partial charge >= 0.3 is 0 Å². The summed E-state index contributed by atoms with van der Waals surface area (Å²) in [4.78, 5) is 0. The highest BCUT2D eigenvalue weighted by molar-refractivity contribution is 5.31. The van der Waals surface area contributed by atoms with Crippen LogP contribution in [0.5, 0.6) is 5.75 Å². The zero-order chi connectivity index (χ0) is 12.5. The van der Waals surface area contributed by atoms with Gasteiger partial charge in [-0.3, -0.25) is 0 Å². The van der Waals surface area contributed by atoms with E-state index in [0.717, 1.165) is 11.7 Å². The van der Waals surface area contributed by atoms with E-state index in [9.17, 15) is 0 Å². The Bertz CT molecular complexity index is 413. The zero-order valence-corrected chi connectivity index (χ0v) is 11.1. The van der Waals surface area contributed by atoms with Gasteiger partial charge in [-0.1, -0.05) is 31.9 Å². The maximum absolute atomic E-state index is 6.45. The van der Waals surface area contributed by atoms with Crippen LogP contribution in [0.2, 0.25) is 0 Å². The van der Waals surface area contributed by atoms with Crippen LogP contribution in [0.15, 0.2) is 24.3 Å². The number of hydrogen-bond acceptors (Lipinski definition) is 2. The molecule has 2 fully saturated rings. The second-order valence-corrected chi connectivity index (χ2v) is 5.99. The molecule has 2 aliphatic rings. The fourth-order valence-corrected chi connectivity index (χ4v) is 3.13. The molecule has 0 aromatic heterocycles. The van der Waals surface area contributed by atoms with Crippen LogP contribution in [0.25, 0.3) is 0 Å². The van der Waals surface area contributed by atoms with Gasteiger partial charge in [-0.25, -0.2) is 0 Å². The first-order chi connectivity index (χ1) is 8.74. The molecule has 0 amide bonds. The van der Waals surface area contributed by atoms with Crippen molar-refractivity contribution in [2.24, 2.45) is 17.6 Å². The van der Waals surface area contributed by atoms with Gasteiger partial charge < -0.3 is 10.5 Å². The van der Waals surface area contributed by atoms with Crippen molar-refractivity contribution in [1.29, 1.82) is 0 Å². The molecule has 18 heavy (non-hydrogen) atoms. The predicted octanol–water partition coefficient (Wildman–Crippen LogP) is 3.66. The molecule has 0 radical (unpaired) electrons. The van der Waals surface area contributed by atoms with Crippen molar-refractivity contribution in [2.45, 2.75) is 51.2 Å². The van der Waals surface area contributed by atoms with E-state index in [1.54, 1.807) is 0 Å². The molecule has 0 saturated heterocycles. The average Bonchev–Trinajstić information content (AvgIpc) is 3.08. The third kappa shape index (κ3) is 2.54. The standard InChI is InChI=1S/C16H23NO/c1-11-4-2-7-15(11)16(17)12-5-3-6-14(10-12)18-13-8-9-13/h3,5-6,10-11,13,15-16H,2,4,7-9,17H2,1H3. The highest BCUT2D eigenvalue weighted by atomic mass is 16.5. The zero-order valence-electron chi connectivity index (χ0n) is 11.1. The molecule has 3 rings (SSSR count). The minimum absolute atomic E-state index is 0.172. The molecule has 1 aromatic carbocycles. The third-order valence-electron chi connectivity index (χ3n) is 4.46. The molecule has 2 nitrogen and oxygen atoms in total. The van der Waals surface area contributed by atoms with Crippen molar-refractivity contribution < 1.29 is 4.74 Å². The lowest BCUT2D eigenvalue weighted by molar-refractivity contribution is 0.301. The summed E-state index contributed by atoms with van der Waals surface area (Å²) in [6, 6.07) is 8.59. The fourth-order valence-electron chi connectivity index (χ4n) is 3.13. The second kappa shape index (κ2) is 4.93. The Kier molecular flexibility index (Phi) is 3.29. The average molecular weight is 245 g/mol. The predicted molar refractivity (Wildman–Crippen MR) is 73.5 cm³/mol. The maximum Gasteiger partial charge on any atom is 0.120 e. The molecule has 3 unspecified atom stereocenters. The third-order valence-corrected chi connectivity index (χ3v) is 4.46. The fraction of sp³-hybridized carbons (Fsp3) is 0.625. The van der Waals surface area contributed by atoms with Crippen LogP contribution in [-0.4, -0.2) is 6.10 Å². The summed E-state index contributed by atoms with van der Waals surface area (Å²) in [5.41, 5.74) is 7.69. The summed E-state index contributed by atoms with van der Waals surface area (Å²) in [6.07, 6.45) is 6.80. The molecule has 0 heterocycles. The smallest absolute Gasteiger partial charge is 0.120 e. The molecule has 1 aromatic rings. The van der Waals surface area contributed by atoms with Crippen molar-refractivity contribution in [3.8, 4) is 5.75 Å². The van der Waals surface area contributed by atoms with E-state index in [4.69, 9.17) is 10.5 Å². The van der Waals surface area contributed by atoms with Gasteiger partial charge in [0.05, 0.1) is 6.10 Å². The van der Waals surface area contributed by atoms with Crippen molar-refractivity contribution >= 4 is 0 Å². The minimum atomic E-state index is 0.172. The Morgan fingerprint density at radius 1 is 1.22 bits per heavy atom. The van der Waals surface area contributed by atoms with Crippen LogP contribution in [0.4, 0.5) is 0 Å². The molecule has 98 valence electrons. The largest absolute Gasteiger partial charge is 0.490 e. The summed E-state index contributed by atoms with van der Waals surface area (Å²) < 4.78 is 5.85. The first-order valence-corrected chi connectivity index (χ1v) is 7.26. The lowest BCUT2D eigenvalue weighted by Crippen LogP contribution is -2.23. The van der Waals surface area contributed by atoms with E-state index in [-0.39, 0.29) is 6.04 Å². The van der Waals surface area contributed by atoms with Gasteiger partial charge in [0.15, 0.2) is 0 Å². The lowest BCUT2D eigenvalue weighted by Gasteiger charge is -2.24. The quantitative estimate of drug-likeness (QED) is 0.878. The van der Waals surface area contributed by atoms with Crippen molar-refractivity contribution in [2.75, 3.05) is 0 Å². The van der Waals surface area contributed by atoms with Gasteiger partial charge in [-0.05, 0) is 48.8 Å². The number of ether oxygens (including phenoxy) is 1. The Hall–Kier alpha value is -1.02. The highest BCUT2D eigenvalue weighted by Gasteiger charge is 2.30. The molecule has 0 spiro atoms. The van der Waals surface area contributed by atoms with Crippen LogP contribution in [0.3, 0.4) is 0 Å². The molecule has 2 N–H and O–H groups in total. The van der Waals surface area contributed by atoms with Crippen LogP contribution < -0.4 is 10.5 Å². The summed E-state index contributed by atoms with van der Waals surface area (Å²) in [6.45, 7) is 2.34. The van der Waals surface area contributed by atoms with E-state index >= 15 is 0 Å². The lowest BCUT2D eigenvalue weighted by atomic mass is 9.86. The van der Waals surface area contributed by atoms with Gasteiger partial charge in [-0.15, -0.1) is 0 Å². The molecule has 3 atom stereocenters. The normalized spacial score (nSPS) is 29.2. The molecule has 0 aliphatic heterocycles. The van der Waals surface area contributed by atoms with Gasteiger partial charge in [0.1, 0.15) is 5.75 Å². The van der Waals surface area contributed by atoms with E-state index in [1.807, 2.05) is 6.07 Å². The van der Waals surface area contributed by atoms with Gasteiger partial charge in [0.25, 0.3) is 0 Å². The first kappa shape index (κ1) is 12.0. The summed E-state index contributed by atoms with van der Waals surface area (Å²) in [5.74, 6) is 2.39. The summed E-state index contributed by atoms with van der Waals surface area (Å²) >= 11 is 0. The molecule has 2 aliphatic carbocycles. The SMILES string of the molecule is CC1CCCC1C(N)c1cccc(OC2CC2)c1. The monoisotopic (exact) mass is 245 g/mol. The van der Waals surface area contributed by atoms with Gasteiger partial charge in [-0.2, -0.15) is 0 Å². The number of benzene rings is 1. The van der Waals surface area contributed by atoms with E-state index < -0.39 is 0 Å². The van der Waals surface area contributed by atoms with Crippen LogP contribution >= 0.6 is 0 Å². The Morgan fingerprint density at radius 3 is 2.72 bits per heavy atom. The van der Waals surface area contributed by atoms with Crippen molar-refractivity contribution in [3.05, 3.63) is 29.8 Å². The molecular weight excluding hydrogens is 222 g/mol. The van der Waals surface area contributed by atoms with Crippen LogP contribution in [0.1, 0.15) is 50.6 Å². The van der Waals surface area contributed by atoms with Crippen LogP contribution in [0, 0.1) is 11.8 Å².